The summed E-state index contributed by atoms with van der Waals surface area (Å²) in [7, 11) is 0. The summed E-state index contributed by atoms with van der Waals surface area (Å²) in [6.07, 6.45) is 3.06. The SMILES string of the molecule is Cc1nc(N)nc(NCc2ccoc2)c1[N+](=O)[O-]. The van der Waals surface area contributed by atoms with E-state index in [0.29, 0.717) is 6.54 Å². The van der Waals surface area contributed by atoms with Crippen molar-refractivity contribution in [3.63, 3.8) is 0 Å². The van der Waals surface area contributed by atoms with E-state index in [1.54, 1.807) is 6.07 Å². The molecular weight excluding hydrogens is 238 g/mol. The van der Waals surface area contributed by atoms with Crippen molar-refractivity contribution in [3.05, 3.63) is 40.0 Å². The summed E-state index contributed by atoms with van der Waals surface area (Å²) in [5.41, 5.74) is 6.37. The Bertz CT molecular complexity index is 567. The minimum absolute atomic E-state index is 0.00667. The molecule has 0 aliphatic rings. The molecule has 0 aliphatic heterocycles. The molecule has 2 aromatic heterocycles. The van der Waals surface area contributed by atoms with Crippen LogP contribution in [-0.4, -0.2) is 14.9 Å². The predicted molar refractivity (Wildman–Crippen MR) is 63.9 cm³/mol. The number of nitro groups is 1. The molecular formula is C10H11N5O3. The van der Waals surface area contributed by atoms with Gasteiger partial charge in [-0.2, -0.15) is 4.98 Å². The first-order chi connectivity index (χ1) is 8.58. The predicted octanol–water partition coefficient (Wildman–Crippen LogP) is 1.48. The van der Waals surface area contributed by atoms with Gasteiger partial charge in [0.1, 0.15) is 5.69 Å². The molecule has 2 aromatic rings. The third-order valence-corrected chi connectivity index (χ3v) is 2.30. The Kier molecular flexibility index (Phi) is 3.09. The maximum atomic E-state index is 10.9. The Balaban J connectivity index is 2.28. The minimum Gasteiger partial charge on any atom is -0.472 e. The summed E-state index contributed by atoms with van der Waals surface area (Å²) >= 11 is 0. The third-order valence-electron chi connectivity index (χ3n) is 2.30. The van der Waals surface area contributed by atoms with E-state index in [1.807, 2.05) is 0 Å². The van der Waals surface area contributed by atoms with Crippen LogP contribution in [0.5, 0.6) is 0 Å². The lowest BCUT2D eigenvalue weighted by Gasteiger charge is -2.06. The molecule has 8 nitrogen and oxygen atoms in total. The van der Waals surface area contributed by atoms with E-state index in [-0.39, 0.29) is 23.1 Å². The van der Waals surface area contributed by atoms with E-state index < -0.39 is 4.92 Å². The van der Waals surface area contributed by atoms with Crippen molar-refractivity contribution in [1.29, 1.82) is 0 Å². The Labute approximate surface area is 102 Å². The van der Waals surface area contributed by atoms with Gasteiger partial charge in [0.25, 0.3) is 0 Å². The van der Waals surface area contributed by atoms with Crippen LogP contribution >= 0.6 is 0 Å². The van der Waals surface area contributed by atoms with E-state index >= 15 is 0 Å². The lowest BCUT2D eigenvalue weighted by molar-refractivity contribution is -0.385. The standard InChI is InChI=1S/C10H11N5O3/c1-6-8(15(16)17)9(14-10(11)13-6)12-4-7-2-3-18-5-7/h2-3,5H,4H2,1H3,(H3,11,12,13,14). The van der Waals surface area contributed by atoms with Gasteiger partial charge in [-0.3, -0.25) is 10.1 Å². The molecule has 94 valence electrons. The van der Waals surface area contributed by atoms with Gasteiger partial charge in [-0.15, -0.1) is 0 Å². The van der Waals surface area contributed by atoms with Crippen molar-refractivity contribution in [3.8, 4) is 0 Å². The maximum absolute atomic E-state index is 10.9. The molecule has 0 bridgehead atoms. The number of rotatable bonds is 4. The number of aryl methyl sites for hydroxylation is 1. The second-order valence-corrected chi connectivity index (χ2v) is 3.61. The number of furan rings is 1. The molecule has 0 saturated heterocycles. The van der Waals surface area contributed by atoms with Gasteiger partial charge in [-0.25, -0.2) is 4.98 Å². The molecule has 2 heterocycles. The normalized spacial score (nSPS) is 10.3. The summed E-state index contributed by atoms with van der Waals surface area (Å²) < 4.78 is 4.90. The topological polar surface area (TPSA) is 120 Å². The number of anilines is 2. The second-order valence-electron chi connectivity index (χ2n) is 3.61. The molecule has 2 rings (SSSR count). The van der Waals surface area contributed by atoms with Gasteiger partial charge < -0.3 is 15.5 Å². The summed E-state index contributed by atoms with van der Waals surface area (Å²) in [6, 6.07) is 1.75. The van der Waals surface area contributed by atoms with Crippen LogP contribution in [0.3, 0.4) is 0 Å². The number of hydrogen-bond donors (Lipinski definition) is 2. The summed E-state index contributed by atoms with van der Waals surface area (Å²) in [5, 5.41) is 13.8. The van der Waals surface area contributed by atoms with E-state index in [2.05, 4.69) is 15.3 Å². The molecule has 0 fully saturated rings. The fourth-order valence-electron chi connectivity index (χ4n) is 1.51. The van der Waals surface area contributed by atoms with Crippen LogP contribution < -0.4 is 11.1 Å². The summed E-state index contributed by atoms with van der Waals surface area (Å²) in [5.74, 6) is 0.0963. The number of nitrogen functional groups attached to an aromatic ring is 1. The van der Waals surface area contributed by atoms with E-state index in [0.717, 1.165) is 5.56 Å². The molecule has 3 N–H and O–H groups in total. The van der Waals surface area contributed by atoms with Crippen LogP contribution in [0.4, 0.5) is 17.5 Å². The molecule has 0 saturated carbocycles. The highest BCUT2D eigenvalue weighted by Gasteiger charge is 2.21. The van der Waals surface area contributed by atoms with Gasteiger partial charge in [0.2, 0.25) is 11.8 Å². The van der Waals surface area contributed by atoms with Crippen LogP contribution in [0, 0.1) is 17.0 Å². The Hall–Kier alpha value is -2.64. The largest absolute Gasteiger partial charge is 0.472 e. The van der Waals surface area contributed by atoms with E-state index in [4.69, 9.17) is 10.2 Å². The average molecular weight is 249 g/mol. The second kappa shape index (κ2) is 4.70. The zero-order chi connectivity index (χ0) is 13.1. The zero-order valence-corrected chi connectivity index (χ0v) is 9.58. The molecule has 18 heavy (non-hydrogen) atoms. The van der Waals surface area contributed by atoms with Crippen LogP contribution in [0.25, 0.3) is 0 Å². The smallest absolute Gasteiger partial charge is 0.332 e. The molecule has 0 aromatic carbocycles. The molecule has 0 unspecified atom stereocenters. The van der Waals surface area contributed by atoms with Gasteiger partial charge >= 0.3 is 5.69 Å². The van der Waals surface area contributed by atoms with Crippen LogP contribution in [0.2, 0.25) is 0 Å². The maximum Gasteiger partial charge on any atom is 0.332 e. The van der Waals surface area contributed by atoms with E-state index in [9.17, 15) is 10.1 Å². The van der Waals surface area contributed by atoms with Crippen LogP contribution in [0.1, 0.15) is 11.3 Å². The summed E-state index contributed by atoms with van der Waals surface area (Å²) in [6.45, 7) is 1.87. The molecule has 0 radical (unpaired) electrons. The Morgan fingerprint density at radius 1 is 1.56 bits per heavy atom. The van der Waals surface area contributed by atoms with Gasteiger partial charge in [-0.1, -0.05) is 0 Å². The average Bonchev–Trinajstić information content (AvgIpc) is 2.77. The summed E-state index contributed by atoms with van der Waals surface area (Å²) in [4.78, 5) is 18.0. The molecule has 0 amide bonds. The third kappa shape index (κ3) is 2.37. The first-order valence-electron chi connectivity index (χ1n) is 5.11. The van der Waals surface area contributed by atoms with E-state index in [1.165, 1.54) is 19.5 Å². The highest BCUT2D eigenvalue weighted by atomic mass is 16.6. The van der Waals surface area contributed by atoms with Crippen LogP contribution in [0.15, 0.2) is 23.0 Å². The fraction of sp³-hybridized carbons (Fsp3) is 0.200. The van der Waals surface area contributed by atoms with Gasteiger partial charge in [0.15, 0.2) is 0 Å². The van der Waals surface area contributed by atoms with Crippen molar-refractivity contribution in [2.24, 2.45) is 0 Å². The van der Waals surface area contributed by atoms with Gasteiger partial charge in [-0.05, 0) is 13.0 Å². The quantitative estimate of drug-likeness (QED) is 0.621. The zero-order valence-electron chi connectivity index (χ0n) is 9.58. The van der Waals surface area contributed by atoms with Crippen molar-refractivity contribution in [2.45, 2.75) is 13.5 Å². The monoisotopic (exact) mass is 249 g/mol. The Morgan fingerprint density at radius 3 is 2.94 bits per heavy atom. The highest BCUT2D eigenvalue weighted by Crippen LogP contribution is 2.26. The number of nitrogens with zero attached hydrogens (tertiary/aromatic N) is 3. The number of nitrogens with one attached hydrogen (secondary N) is 1. The molecule has 0 spiro atoms. The molecule has 0 aliphatic carbocycles. The fourth-order valence-corrected chi connectivity index (χ4v) is 1.51. The van der Waals surface area contributed by atoms with Crippen molar-refractivity contribution in [1.82, 2.24) is 9.97 Å². The van der Waals surface area contributed by atoms with Crippen molar-refractivity contribution >= 4 is 17.5 Å². The minimum atomic E-state index is -0.535. The lowest BCUT2D eigenvalue weighted by atomic mass is 10.3. The van der Waals surface area contributed by atoms with Crippen molar-refractivity contribution in [2.75, 3.05) is 11.1 Å². The van der Waals surface area contributed by atoms with Crippen LogP contribution in [-0.2, 0) is 6.54 Å². The molecule has 0 atom stereocenters. The van der Waals surface area contributed by atoms with Crippen molar-refractivity contribution < 1.29 is 9.34 Å². The number of nitrogens with two attached hydrogens (primary N) is 1. The highest BCUT2D eigenvalue weighted by molar-refractivity contribution is 5.60. The molecule has 8 heteroatoms. The van der Waals surface area contributed by atoms with Gasteiger partial charge in [0.05, 0.1) is 17.4 Å². The first-order valence-corrected chi connectivity index (χ1v) is 5.11. The lowest BCUT2D eigenvalue weighted by Crippen LogP contribution is -2.09. The number of aromatic nitrogens is 2. The van der Waals surface area contributed by atoms with Gasteiger partial charge in [0, 0.05) is 12.1 Å². The Morgan fingerprint density at radius 2 is 2.33 bits per heavy atom. The number of hydrogen-bond acceptors (Lipinski definition) is 7. The first kappa shape index (κ1) is 11.8.